The molecule has 16 heavy (non-hydrogen) atoms. The maximum atomic E-state index is 13.2. The summed E-state index contributed by atoms with van der Waals surface area (Å²) in [6.45, 7) is 1.67. The molecule has 2 nitrogen and oxygen atoms in total. The van der Waals surface area contributed by atoms with Crippen molar-refractivity contribution in [3.63, 3.8) is 0 Å². The fraction of sp³-hybridized carbons (Fsp3) is 0.400. The van der Waals surface area contributed by atoms with Crippen molar-refractivity contribution in [1.29, 1.82) is 0 Å². The van der Waals surface area contributed by atoms with Gasteiger partial charge in [-0.25, -0.2) is 21.6 Å². The standard InChI is InChI=1S/C10H11F3O2S/c1-2-5-16(14,15)6-7-3-4-8(11)10(13)9(7)12/h3-4H,2,5-6H2,1H3. The molecule has 0 saturated heterocycles. The van der Waals surface area contributed by atoms with Crippen molar-refractivity contribution in [3.8, 4) is 0 Å². The molecule has 6 heteroatoms. The van der Waals surface area contributed by atoms with Gasteiger partial charge >= 0.3 is 0 Å². The zero-order valence-corrected chi connectivity index (χ0v) is 9.45. The van der Waals surface area contributed by atoms with Crippen molar-refractivity contribution in [2.24, 2.45) is 0 Å². The van der Waals surface area contributed by atoms with Crippen LogP contribution in [0.2, 0.25) is 0 Å². The van der Waals surface area contributed by atoms with Crippen molar-refractivity contribution >= 4 is 9.84 Å². The molecule has 0 aliphatic carbocycles. The number of rotatable bonds is 4. The third kappa shape index (κ3) is 2.98. The quantitative estimate of drug-likeness (QED) is 0.771. The molecule has 1 aromatic rings. The molecule has 1 rings (SSSR count). The highest BCUT2D eigenvalue weighted by Crippen LogP contribution is 2.17. The van der Waals surface area contributed by atoms with E-state index in [-0.39, 0.29) is 11.3 Å². The van der Waals surface area contributed by atoms with Crippen LogP contribution in [0, 0.1) is 17.5 Å². The summed E-state index contributed by atoms with van der Waals surface area (Å²) in [6.07, 6.45) is 0.396. The van der Waals surface area contributed by atoms with E-state index in [4.69, 9.17) is 0 Å². The molecule has 0 N–H and O–H groups in total. The van der Waals surface area contributed by atoms with Gasteiger partial charge in [0, 0.05) is 5.56 Å². The molecule has 0 saturated carbocycles. The van der Waals surface area contributed by atoms with Gasteiger partial charge in [0.15, 0.2) is 27.3 Å². The van der Waals surface area contributed by atoms with Gasteiger partial charge in [-0.05, 0) is 12.5 Å². The SMILES string of the molecule is CCCS(=O)(=O)Cc1ccc(F)c(F)c1F. The highest BCUT2D eigenvalue weighted by atomic mass is 32.2. The van der Waals surface area contributed by atoms with E-state index in [9.17, 15) is 21.6 Å². The van der Waals surface area contributed by atoms with Crippen LogP contribution in [0.25, 0.3) is 0 Å². The van der Waals surface area contributed by atoms with Crippen LogP contribution in [0.3, 0.4) is 0 Å². The summed E-state index contributed by atoms with van der Waals surface area (Å²) in [5, 5.41) is 0. The van der Waals surface area contributed by atoms with Crippen LogP contribution in [0.15, 0.2) is 12.1 Å². The van der Waals surface area contributed by atoms with Crippen molar-refractivity contribution in [2.75, 3.05) is 5.75 Å². The van der Waals surface area contributed by atoms with Crippen LogP contribution in [0.1, 0.15) is 18.9 Å². The first-order chi connectivity index (χ1) is 7.37. The average molecular weight is 252 g/mol. The summed E-state index contributed by atoms with van der Waals surface area (Å²) in [5.74, 6) is -5.10. The predicted octanol–water partition coefficient (Wildman–Crippen LogP) is 2.43. The molecule has 0 atom stereocenters. The second-order valence-corrected chi connectivity index (χ2v) is 5.61. The molecular weight excluding hydrogens is 241 g/mol. The lowest BCUT2D eigenvalue weighted by Gasteiger charge is -2.05. The maximum Gasteiger partial charge on any atom is 0.194 e. The van der Waals surface area contributed by atoms with Crippen molar-refractivity contribution in [3.05, 3.63) is 35.1 Å². The number of benzene rings is 1. The van der Waals surface area contributed by atoms with E-state index in [1.54, 1.807) is 6.92 Å². The fourth-order valence-corrected chi connectivity index (χ4v) is 2.76. The number of sulfone groups is 1. The van der Waals surface area contributed by atoms with Crippen LogP contribution in [-0.2, 0) is 15.6 Å². The highest BCUT2D eigenvalue weighted by molar-refractivity contribution is 7.90. The summed E-state index contributed by atoms with van der Waals surface area (Å²) in [7, 11) is -3.47. The fourth-order valence-electron chi connectivity index (χ4n) is 1.30. The van der Waals surface area contributed by atoms with E-state index >= 15 is 0 Å². The van der Waals surface area contributed by atoms with E-state index in [1.165, 1.54) is 0 Å². The van der Waals surface area contributed by atoms with E-state index < -0.39 is 33.0 Å². The Morgan fingerprint density at radius 1 is 1.12 bits per heavy atom. The first kappa shape index (κ1) is 13.0. The van der Waals surface area contributed by atoms with Crippen molar-refractivity contribution in [1.82, 2.24) is 0 Å². The third-order valence-electron chi connectivity index (χ3n) is 2.01. The van der Waals surface area contributed by atoms with E-state index in [0.29, 0.717) is 6.42 Å². The molecule has 0 spiro atoms. The minimum atomic E-state index is -3.47. The second-order valence-electron chi connectivity index (χ2n) is 3.43. The molecule has 0 heterocycles. The average Bonchev–Trinajstić information content (AvgIpc) is 2.19. The third-order valence-corrected chi connectivity index (χ3v) is 3.79. The zero-order valence-electron chi connectivity index (χ0n) is 8.63. The first-order valence-corrected chi connectivity index (χ1v) is 6.52. The van der Waals surface area contributed by atoms with Crippen LogP contribution >= 0.6 is 0 Å². The van der Waals surface area contributed by atoms with Gasteiger partial charge in [0.05, 0.1) is 11.5 Å². The largest absolute Gasteiger partial charge is 0.228 e. The summed E-state index contributed by atoms with van der Waals surface area (Å²) >= 11 is 0. The monoisotopic (exact) mass is 252 g/mol. The number of hydrogen-bond donors (Lipinski definition) is 0. The van der Waals surface area contributed by atoms with E-state index in [2.05, 4.69) is 0 Å². The van der Waals surface area contributed by atoms with Crippen LogP contribution in [0.5, 0.6) is 0 Å². The molecule has 0 aliphatic heterocycles. The van der Waals surface area contributed by atoms with Gasteiger partial charge in [-0.3, -0.25) is 0 Å². The Bertz CT molecular complexity index is 483. The summed E-state index contributed by atoms with van der Waals surface area (Å²) in [6, 6.07) is 1.66. The Balaban J connectivity index is 3.04. The molecule has 0 amide bonds. The van der Waals surface area contributed by atoms with E-state index in [0.717, 1.165) is 12.1 Å². The molecule has 0 unspecified atom stereocenters. The molecule has 0 bridgehead atoms. The van der Waals surface area contributed by atoms with Gasteiger partial charge in [-0.15, -0.1) is 0 Å². The van der Waals surface area contributed by atoms with Crippen LogP contribution < -0.4 is 0 Å². The Morgan fingerprint density at radius 2 is 1.75 bits per heavy atom. The lowest BCUT2D eigenvalue weighted by Crippen LogP contribution is -2.10. The number of hydrogen-bond acceptors (Lipinski definition) is 2. The van der Waals surface area contributed by atoms with Crippen LogP contribution in [-0.4, -0.2) is 14.2 Å². The van der Waals surface area contributed by atoms with Gasteiger partial charge in [-0.1, -0.05) is 13.0 Å². The molecule has 0 aliphatic rings. The van der Waals surface area contributed by atoms with Gasteiger partial charge < -0.3 is 0 Å². The minimum Gasteiger partial charge on any atom is -0.228 e. The zero-order chi connectivity index (χ0) is 12.3. The Kier molecular flexibility index (Phi) is 3.96. The normalized spacial score (nSPS) is 11.8. The Hall–Kier alpha value is -1.04. The molecule has 0 fully saturated rings. The Labute approximate surface area is 92.0 Å². The van der Waals surface area contributed by atoms with Crippen molar-refractivity contribution < 1.29 is 21.6 Å². The molecule has 0 aromatic heterocycles. The second kappa shape index (κ2) is 4.86. The summed E-state index contributed by atoms with van der Waals surface area (Å²) in [5.41, 5.74) is -0.340. The molecule has 0 radical (unpaired) electrons. The minimum absolute atomic E-state index is 0.106. The smallest absolute Gasteiger partial charge is 0.194 e. The van der Waals surface area contributed by atoms with E-state index in [1.807, 2.05) is 0 Å². The van der Waals surface area contributed by atoms with Gasteiger partial charge in [-0.2, -0.15) is 0 Å². The maximum absolute atomic E-state index is 13.2. The molecule has 1 aromatic carbocycles. The number of halogens is 3. The van der Waals surface area contributed by atoms with Crippen molar-refractivity contribution in [2.45, 2.75) is 19.1 Å². The first-order valence-electron chi connectivity index (χ1n) is 4.70. The molecule has 90 valence electrons. The summed E-state index contributed by atoms with van der Waals surface area (Å²) in [4.78, 5) is 0. The summed E-state index contributed by atoms with van der Waals surface area (Å²) < 4.78 is 61.3. The predicted molar refractivity (Wildman–Crippen MR) is 54.1 cm³/mol. The van der Waals surface area contributed by atoms with Crippen LogP contribution in [0.4, 0.5) is 13.2 Å². The Morgan fingerprint density at radius 3 is 2.31 bits per heavy atom. The topological polar surface area (TPSA) is 34.1 Å². The van der Waals surface area contributed by atoms with Gasteiger partial charge in [0.1, 0.15) is 0 Å². The highest BCUT2D eigenvalue weighted by Gasteiger charge is 2.18. The lowest BCUT2D eigenvalue weighted by atomic mass is 10.2. The molecular formula is C10H11F3O2S. The van der Waals surface area contributed by atoms with Gasteiger partial charge in [0.25, 0.3) is 0 Å². The van der Waals surface area contributed by atoms with Gasteiger partial charge in [0.2, 0.25) is 0 Å². The lowest BCUT2D eigenvalue weighted by molar-refractivity contribution is 0.442.